The van der Waals surface area contributed by atoms with Crippen molar-refractivity contribution in [1.82, 2.24) is 4.90 Å². The maximum Gasteiger partial charge on any atom is 0.293 e. The van der Waals surface area contributed by atoms with Crippen LogP contribution in [0.3, 0.4) is 0 Å². The minimum Gasteiger partial charge on any atom is -0.493 e. The van der Waals surface area contributed by atoms with E-state index in [1.165, 1.54) is 24.1 Å². The molecule has 1 saturated heterocycles. The van der Waals surface area contributed by atoms with Crippen LogP contribution in [0.15, 0.2) is 47.4 Å². The highest BCUT2D eigenvalue weighted by Gasteiger charge is 2.34. The molecule has 0 spiro atoms. The molecular weight excluding hydrogens is 409 g/mol. The second-order valence-electron chi connectivity index (χ2n) is 6.51. The van der Waals surface area contributed by atoms with Crippen molar-refractivity contribution < 1.29 is 28.2 Å². The fourth-order valence-corrected chi connectivity index (χ4v) is 3.71. The van der Waals surface area contributed by atoms with E-state index in [2.05, 4.69) is 0 Å². The molecule has 2 aromatic rings. The fraction of sp³-hybridized carbons (Fsp3) is 0.273. The molecule has 1 aliphatic heterocycles. The molecule has 30 heavy (non-hydrogen) atoms. The van der Waals surface area contributed by atoms with Gasteiger partial charge in [0, 0.05) is 20.3 Å². The Hall–Kier alpha value is -2.84. The van der Waals surface area contributed by atoms with Gasteiger partial charge < -0.3 is 14.2 Å². The van der Waals surface area contributed by atoms with Crippen LogP contribution in [0.4, 0.5) is 9.18 Å². The van der Waals surface area contributed by atoms with Gasteiger partial charge in [0.2, 0.25) is 0 Å². The van der Waals surface area contributed by atoms with Crippen molar-refractivity contribution in [2.45, 2.75) is 13.0 Å². The molecule has 0 bridgehead atoms. The van der Waals surface area contributed by atoms with Gasteiger partial charge in [-0.1, -0.05) is 18.2 Å². The summed E-state index contributed by atoms with van der Waals surface area (Å²) in [5.74, 6) is 0.400. The lowest BCUT2D eigenvalue weighted by molar-refractivity contribution is -0.122. The number of imide groups is 1. The smallest absolute Gasteiger partial charge is 0.293 e. The Morgan fingerprint density at radius 3 is 2.53 bits per heavy atom. The van der Waals surface area contributed by atoms with E-state index in [1.807, 2.05) is 0 Å². The second-order valence-corrected chi connectivity index (χ2v) is 7.50. The predicted octanol–water partition coefficient (Wildman–Crippen LogP) is 4.49. The Morgan fingerprint density at radius 2 is 1.83 bits per heavy atom. The molecule has 0 unspecified atom stereocenters. The van der Waals surface area contributed by atoms with Gasteiger partial charge in [-0.25, -0.2) is 4.39 Å². The summed E-state index contributed by atoms with van der Waals surface area (Å²) in [7, 11) is 3.10. The van der Waals surface area contributed by atoms with E-state index in [0.717, 1.165) is 17.3 Å². The fourth-order valence-electron chi connectivity index (χ4n) is 2.85. The lowest BCUT2D eigenvalue weighted by Crippen LogP contribution is -2.29. The first kappa shape index (κ1) is 21.9. The van der Waals surface area contributed by atoms with Crippen molar-refractivity contribution in [3.05, 3.63) is 64.3 Å². The standard InChI is InChI=1S/C22H22FNO5S/c1-27-11-3-10-24-21(25)20(30-22(24)26)13-16-6-9-18(19(12-16)28-2)29-14-15-4-7-17(23)8-5-15/h4-9,12-13H,3,10-11,14H2,1-2H3/b20-13+. The Balaban J connectivity index is 1.70. The lowest BCUT2D eigenvalue weighted by Gasteiger charge is -2.12. The third kappa shape index (κ3) is 5.40. The second kappa shape index (κ2) is 10.3. The van der Waals surface area contributed by atoms with Gasteiger partial charge >= 0.3 is 0 Å². The van der Waals surface area contributed by atoms with Crippen molar-refractivity contribution in [2.24, 2.45) is 0 Å². The van der Waals surface area contributed by atoms with E-state index in [9.17, 15) is 14.0 Å². The number of halogens is 1. The van der Waals surface area contributed by atoms with Crippen molar-refractivity contribution in [3.63, 3.8) is 0 Å². The van der Waals surface area contributed by atoms with Crippen LogP contribution in [-0.2, 0) is 16.1 Å². The topological polar surface area (TPSA) is 65.1 Å². The first-order valence-corrected chi connectivity index (χ1v) is 10.1. The van der Waals surface area contributed by atoms with E-state index in [4.69, 9.17) is 14.2 Å². The quantitative estimate of drug-likeness (QED) is 0.431. The molecule has 6 nitrogen and oxygen atoms in total. The number of ether oxygens (including phenoxy) is 3. The summed E-state index contributed by atoms with van der Waals surface area (Å²) in [6.07, 6.45) is 2.25. The highest BCUT2D eigenvalue weighted by molar-refractivity contribution is 8.18. The van der Waals surface area contributed by atoms with E-state index >= 15 is 0 Å². The average Bonchev–Trinajstić information content (AvgIpc) is 3.01. The molecule has 1 heterocycles. The van der Waals surface area contributed by atoms with Gasteiger partial charge in [0.1, 0.15) is 12.4 Å². The SMILES string of the molecule is COCCCN1C(=O)S/C(=C/c2ccc(OCc3ccc(F)cc3)c(OC)c2)C1=O. The molecule has 0 radical (unpaired) electrons. The molecule has 8 heteroatoms. The lowest BCUT2D eigenvalue weighted by atomic mass is 10.1. The molecule has 0 aromatic heterocycles. The third-order valence-corrected chi connectivity index (χ3v) is 5.30. The molecule has 0 saturated carbocycles. The zero-order valence-corrected chi connectivity index (χ0v) is 17.5. The van der Waals surface area contributed by atoms with Gasteiger partial charge in [-0.05, 0) is 59.7 Å². The summed E-state index contributed by atoms with van der Waals surface area (Å²) in [5, 5.41) is -0.284. The average molecular weight is 431 g/mol. The van der Waals surface area contributed by atoms with Crippen molar-refractivity contribution >= 4 is 29.0 Å². The van der Waals surface area contributed by atoms with Crippen LogP contribution < -0.4 is 9.47 Å². The van der Waals surface area contributed by atoms with E-state index in [-0.39, 0.29) is 23.6 Å². The van der Waals surface area contributed by atoms with Crippen LogP contribution in [0.5, 0.6) is 11.5 Å². The number of methoxy groups -OCH3 is 2. The highest BCUT2D eigenvalue weighted by Crippen LogP contribution is 2.34. The van der Waals surface area contributed by atoms with E-state index < -0.39 is 0 Å². The molecule has 1 aliphatic rings. The minimum atomic E-state index is -0.309. The normalized spacial score (nSPS) is 15.2. The molecule has 2 aromatic carbocycles. The van der Waals surface area contributed by atoms with Gasteiger partial charge in [0.15, 0.2) is 11.5 Å². The maximum atomic E-state index is 13.0. The molecule has 1 fully saturated rings. The predicted molar refractivity (Wildman–Crippen MR) is 113 cm³/mol. The number of hydrogen-bond acceptors (Lipinski definition) is 6. The van der Waals surface area contributed by atoms with Crippen LogP contribution in [0.2, 0.25) is 0 Å². The summed E-state index contributed by atoms with van der Waals surface area (Å²) in [6, 6.07) is 11.3. The number of rotatable bonds is 9. The van der Waals surface area contributed by atoms with Crippen LogP contribution >= 0.6 is 11.8 Å². The minimum absolute atomic E-state index is 0.260. The first-order chi connectivity index (χ1) is 14.5. The Labute approximate surface area is 178 Å². The first-order valence-electron chi connectivity index (χ1n) is 9.31. The summed E-state index contributed by atoms with van der Waals surface area (Å²) >= 11 is 0.916. The Morgan fingerprint density at radius 1 is 1.07 bits per heavy atom. The number of benzene rings is 2. The van der Waals surface area contributed by atoms with Gasteiger partial charge in [-0.15, -0.1) is 0 Å². The molecule has 0 atom stereocenters. The summed E-state index contributed by atoms with van der Waals surface area (Å²) in [5.41, 5.74) is 1.54. The van der Waals surface area contributed by atoms with Gasteiger partial charge in [0.05, 0.1) is 12.0 Å². The van der Waals surface area contributed by atoms with Crippen LogP contribution in [0.25, 0.3) is 6.08 Å². The van der Waals surface area contributed by atoms with E-state index in [1.54, 1.807) is 43.5 Å². The number of carbonyl (C=O) groups excluding carboxylic acids is 2. The third-order valence-electron chi connectivity index (χ3n) is 4.40. The monoisotopic (exact) mass is 431 g/mol. The summed E-state index contributed by atoms with van der Waals surface area (Å²) in [6.45, 7) is 1.07. The van der Waals surface area contributed by atoms with Crippen molar-refractivity contribution in [3.8, 4) is 11.5 Å². The molecule has 0 N–H and O–H groups in total. The number of amides is 2. The number of nitrogens with zero attached hydrogens (tertiary/aromatic N) is 1. The highest BCUT2D eigenvalue weighted by atomic mass is 32.2. The molecule has 2 amide bonds. The zero-order valence-electron chi connectivity index (χ0n) is 16.7. The van der Waals surface area contributed by atoms with E-state index in [0.29, 0.717) is 41.5 Å². The molecule has 158 valence electrons. The van der Waals surface area contributed by atoms with Crippen molar-refractivity contribution in [2.75, 3.05) is 27.4 Å². The van der Waals surface area contributed by atoms with Gasteiger partial charge in [-0.3, -0.25) is 14.5 Å². The van der Waals surface area contributed by atoms with Crippen LogP contribution in [0, 0.1) is 5.82 Å². The molecular formula is C22H22FNO5S. The largest absolute Gasteiger partial charge is 0.493 e. The summed E-state index contributed by atoms with van der Waals surface area (Å²) < 4.78 is 29.2. The number of thioether (sulfide) groups is 1. The van der Waals surface area contributed by atoms with Crippen LogP contribution in [-0.4, -0.2) is 43.4 Å². The van der Waals surface area contributed by atoms with Gasteiger partial charge in [-0.2, -0.15) is 0 Å². The Bertz CT molecular complexity index is 945. The number of hydrogen-bond donors (Lipinski definition) is 0. The maximum absolute atomic E-state index is 13.0. The van der Waals surface area contributed by atoms with Gasteiger partial charge in [0.25, 0.3) is 11.1 Å². The molecule has 3 rings (SSSR count). The zero-order chi connectivity index (χ0) is 21.5. The van der Waals surface area contributed by atoms with Crippen molar-refractivity contribution in [1.29, 1.82) is 0 Å². The summed E-state index contributed by atoms with van der Waals surface area (Å²) in [4.78, 5) is 26.2. The van der Waals surface area contributed by atoms with Crippen LogP contribution in [0.1, 0.15) is 17.5 Å². The Kier molecular flexibility index (Phi) is 7.48. The molecule has 0 aliphatic carbocycles. The number of carbonyl (C=O) groups is 2.